The number of hydrogen-bond acceptors (Lipinski definition) is 3. The van der Waals surface area contributed by atoms with Crippen LogP contribution in [0.4, 0.5) is 10.1 Å². The average Bonchev–Trinajstić information content (AvgIpc) is 2.29. The molecular formula is C15H16FNO2S. The van der Waals surface area contributed by atoms with Crippen LogP contribution in [0.5, 0.6) is 0 Å². The molecule has 2 N–H and O–H groups in total. The van der Waals surface area contributed by atoms with Gasteiger partial charge in [-0.3, -0.25) is 4.79 Å². The van der Waals surface area contributed by atoms with Gasteiger partial charge < -0.3 is 10.4 Å². The van der Waals surface area contributed by atoms with Crippen LogP contribution in [0.3, 0.4) is 0 Å². The second kappa shape index (κ2) is 5.32. The van der Waals surface area contributed by atoms with Crippen molar-refractivity contribution in [3.05, 3.63) is 41.4 Å². The number of thiocarbonyl (C=S) groups is 1. The van der Waals surface area contributed by atoms with Crippen molar-refractivity contribution in [3.8, 4) is 0 Å². The van der Waals surface area contributed by atoms with Gasteiger partial charge in [0, 0.05) is 18.5 Å². The Morgan fingerprint density at radius 2 is 1.90 bits per heavy atom. The fraction of sp³-hybridized carbons (Fsp3) is 0.333. The first-order chi connectivity index (χ1) is 9.28. The Morgan fingerprint density at radius 3 is 2.45 bits per heavy atom. The first-order valence-corrected chi connectivity index (χ1v) is 6.71. The lowest BCUT2D eigenvalue weighted by Crippen LogP contribution is -2.31. The molecule has 0 atom stereocenters. The van der Waals surface area contributed by atoms with Crippen LogP contribution in [0.2, 0.25) is 0 Å². The number of nitrogens with one attached hydrogen (secondary N) is 1. The monoisotopic (exact) mass is 293 g/mol. The molecule has 0 fully saturated rings. The standard InChI is InChI=1S/C15H16FNO2S/c1-15(2)7-11(18)13(12(19)8-15)14(20)17-10-5-3-9(16)4-6-10/h3-6,18H,7-8H2,1-2H3,(H,17,20). The number of allylic oxidation sites excluding steroid dienone is 1. The molecular weight excluding hydrogens is 277 g/mol. The van der Waals surface area contributed by atoms with Crippen LogP contribution in [-0.4, -0.2) is 15.9 Å². The molecule has 106 valence electrons. The highest BCUT2D eigenvalue weighted by Crippen LogP contribution is 2.36. The Bertz CT molecular complexity index is 590. The highest BCUT2D eigenvalue weighted by Gasteiger charge is 2.34. The van der Waals surface area contributed by atoms with Gasteiger partial charge in [0.1, 0.15) is 16.6 Å². The number of carbonyl (C=O) groups excluding carboxylic acids is 1. The van der Waals surface area contributed by atoms with Gasteiger partial charge >= 0.3 is 0 Å². The number of anilines is 1. The Labute approximate surface area is 122 Å². The maximum absolute atomic E-state index is 12.8. The van der Waals surface area contributed by atoms with Crippen molar-refractivity contribution in [2.45, 2.75) is 26.7 Å². The molecule has 1 aliphatic rings. The SMILES string of the molecule is CC1(C)CC(=O)C(C(=S)Nc2ccc(F)cc2)=C(O)C1. The number of hydrogen-bond donors (Lipinski definition) is 2. The molecule has 20 heavy (non-hydrogen) atoms. The fourth-order valence-corrected chi connectivity index (χ4v) is 2.62. The number of rotatable bonds is 2. The van der Waals surface area contributed by atoms with E-state index >= 15 is 0 Å². The van der Waals surface area contributed by atoms with Gasteiger partial charge in [-0.2, -0.15) is 0 Å². The molecule has 3 nitrogen and oxygen atoms in total. The summed E-state index contributed by atoms with van der Waals surface area (Å²) in [4.78, 5) is 12.3. The molecule has 0 aliphatic heterocycles. The zero-order valence-corrected chi connectivity index (χ0v) is 12.2. The smallest absolute Gasteiger partial charge is 0.169 e. The molecule has 1 aromatic carbocycles. The lowest BCUT2D eigenvalue weighted by molar-refractivity contribution is -0.117. The topological polar surface area (TPSA) is 49.3 Å². The van der Waals surface area contributed by atoms with Crippen LogP contribution in [-0.2, 0) is 4.79 Å². The summed E-state index contributed by atoms with van der Waals surface area (Å²) in [7, 11) is 0. The number of aliphatic hydroxyl groups is 1. The molecule has 1 aromatic rings. The van der Waals surface area contributed by atoms with Gasteiger partial charge in [0.25, 0.3) is 0 Å². The van der Waals surface area contributed by atoms with Crippen molar-refractivity contribution < 1.29 is 14.3 Å². The summed E-state index contributed by atoms with van der Waals surface area (Å²) >= 11 is 5.17. The Morgan fingerprint density at radius 1 is 1.30 bits per heavy atom. The van der Waals surface area contributed by atoms with Gasteiger partial charge in [0.05, 0.1) is 5.57 Å². The van der Waals surface area contributed by atoms with E-state index in [1.807, 2.05) is 13.8 Å². The Hall–Kier alpha value is -1.75. The van der Waals surface area contributed by atoms with E-state index in [0.29, 0.717) is 18.5 Å². The van der Waals surface area contributed by atoms with Crippen molar-refractivity contribution in [1.29, 1.82) is 0 Å². The average molecular weight is 293 g/mol. The summed E-state index contributed by atoms with van der Waals surface area (Å²) in [6, 6.07) is 5.64. The van der Waals surface area contributed by atoms with Gasteiger partial charge in [-0.05, 0) is 29.7 Å². The molecule has 5 heteroatoms. The van der Waals surface area contributed by atoms with E-state index in [2.05, 4.69) is 5.32 Å². The molecule has 0 saturated carbocycles. The van der Waals surface area contributed by atoms with E-state index in [1.165, 1.54) is 24.3 Å². The Balaban J connectivity index is 2.20. The number of benzene rings is 1. The number of Topliss-reactive ketones (excluding diaryl/α,β-unsaturated/α-hetero) is 1. The first-order valence-electron chi connectivity index (χ1n) is 6.31. The first kappa shape index (κ1) is 14.7. The quantitative estimate of drug-likeness (QED) is 0.815. The highest BCUT2D eigenvalue weighted by atomic mass is 32.1. The third-order valence-electron chi connectivity index (χ3n) is 3.18. The summed E-state index contributed by atoms with van der Waals surface area (Å²) in [5.41, 5.74) is 0.494. The minimum absolute atomic E-state index is 0.0193. The van der Waals surface area contributed by atoms with Crippen molar-refractivity contribution in [2.75, 3.05) is 5.32 Å². The van der Waals surface area contributed by atoms with Crippen molar-refractivity contribution >= 4 is 28.7 Å². The predicted molar refractivity (Wildman–Crippen MR) is 80.3 cm³/mol. The van der Waals surface area contributed by atoms with Gasteiger partial charge in [0.15, 0.2) is 5.78 Å². The normalized spacial score (nSPS) is 18.1. The zero-order valence-electron chi connectivity index (χ0n) is 11.4. The van der Waals surface area contributed by atoms with Gasteiger partial charge in [0.2, 0.25) is 0 Å². The number of ketones is 1. The third kappa shape index (κ3) is 3.22. The maximum atomic E-state index is 12.8. The van der Waals surface area contributed by atoms with Crippen LogP contribution in [0.25, 0.3) is 0 Å². The Kier molecular flexibility index (Phi) is 3.90. The second-order valence-electron chi connectivity index (χ2n) is 5.72. The zero-order chi connectivity index (χ0) is 14.9. The van der Waals surface area contributed by atoms with Crippen molar-refractivity contribution in [2.24, 2.45) is 5.41 Å². The van der Waals surface area contributed by atoms with Crippen molar-refractivity contribution in [1.82, 2.24) is 0 Å². The van der Waals surface area contributed by atoms with Crippen LogP contribution in [0.15, 0.2) is 35.6 Å². The molecule has 0 unspecified atom stereocenters. The van der Waals surface area contributed by atoms with E-state index in [1.54, 1.807) is 0 Å². The lowest BCUT2D eigenvalue weighted by atomic mass is 9.76. The lowest BCUT2D eigenvalue weighted by Gasteiger charge is -2.29. The third-order valence-corrected chi connectivity index (χ3v) is 3.49. The largest absolute Gasteiger partial charge is 0.511 e. The predicted octanol–water partition coefficient (Wildman–Crippen LogP) is 3.77. The molecule has 0 amide bonds. The second-order valence-corrected chi connectivity index (χ2v) is 6.13. The van der Waals surface area contributed by atoms with Crippen LogP contribution in [0.1, 0.15) is 26.7 Å². The molecule has 0 heterocycles. The summed E-state index contributed by atoms with van der Waals surface area (Å²) < 4.78 is 12.8. The van der Waals surface area contributed by atoms with Crippen LogP contribution < -0.4 is 5.32 Å². The van der Waals surface area contributed by atoms with E-state index in [0.717, 1.165) is 0 Å². The van der Waals surface area contributed by atoms with Crippen LogP contribution >= 0.6 is 12.2 Å². The summed E-state index contributed by atoms with van der Waals surface area (Å²) in [6.07, 6.45) is 0.761. The molecule has 2 rings (SSSR count). The molecule has 0 bridgehead atoms. The summed E-state index contributed by atoms with van der Waals surface area (Å²) in [5.74, 6) is -0.497. The molecule has 1 aliphatic carbocycles. The minimum atomic E-state index is -0.348. The molecule has 0 aromatic heterocycles. The van der Waals surface area contributed by atoms with Gasteiger partial charge in [-0.1, -0.05) is 26.1 Å². The number of carbonyl (C=O) groups is 1. The minimum Gasteiger partial charge on any atom is -0.511 e. The van der Waals surface area contributed by atoms with E-state index in [-0.39, 0.29) is 33.3 Å². The van der Waals surface area contributed by atoms with Gasteiger partial charge in [-0.25, -0.2) is 4.39 Å². The van der Waals surface area contributed by atoms with E-state index < -0.39 is 0 Å². The molecule has 0 radical (unpaired) electrons. The summed E-state index contributed by atoms with van der Waals surface area (Å²) in [5, 5.41) is 12.9. The van der Waals surface area contributed by atoms with Crippen LogP contribution in [0, 0.1) is 11.2 Å². The highest BCUT2D eigenvalue weighted by molar-refractivity contribution is 7.81. The van der Waals surface area contributed by atoms with Gasteiger partial charge in [-0.15, -0.1) is 0 Å². The molecule has 0 spiro atoms. The fourth-order valence-electron chi connectivity index (χ4n) is 2.27. The maximum Gasteiger partial charge on any atom is 0.169 e. The molecule has 0 saturated heterocycles. The van der Waals surface area contributed by atoms with E-state index in [4.69, 9.17) is 12.2 Å². The number of aliphatic hydroxyl groups excluding tert-OH is 1. The number of halogens is 1. The van der Waals surface area contributed by atoms with E-state index in [9.17, 15) is 14.3 Å². The summed E-state index contributed by atoms with van der Waals surface area (Å²) in [6.45, 7) is 3.85. The van der Waals surface area contributed by atoms with Crippen molar-refractivity contribution in [3.63, 3.8) is 0 Å².